The van der Waals surface area contributed by atoms with E-state index in [1.54, 1.807) is 4.90 Å². The van der Waals surface area contributed by atoms with Gasteiger partial charge in [0.15, 0.2) is 0 Å². The molecule has 2 aromatic rings. The Morgan fingerprint density at radius 3 is 2.88 bits per heavy atom. The van der Waals surface area contributed by atoms with Crippen LogP contribution in [-0.2, 0) is 4.74 Å². The SMILES string of the molecule is Cc1ccc(-c2cccc(C(=O)N(C)CCC[C@@H]3CCCO3)c2)nn1. The first-order chi connectivity index (χ1) is 12.1. The van der Waals surface area contributed by atoms with Gasteiger partial charge in [0, 0.05) is 31.3 Å². The molecule has 1 aliphatic heterocycles. The lowest BCUT2D eigenvalue weighted by atomic mass is 10.1. The Morgan fingerprint density at radius 1 is 1.28 bits per heavy atom. The molecular weight excluding hydrogens is 314 g/mol. The highest BCUT2D eigenvalue weighted by molar-refractivity contribution is 5.95. The highest BCUT2D eigenvalue weighted by Gasteiger charge is 2.17. The zero-order chi connectivity index (χ0) is 17.6. The minimum absolute atomic E-state index is 0.0364. The van der Waals surface area contributed by atoms with Gasteiger partial charge in [-0.15, -0.1) is 0 Å². The second kappa shape index (κ2) is 8.21. The summed E-state index contributed by atoms with van der Waals surface area (Å²) in [4.78, 5) is 14.5. The smallest absolute Gasteiger partial charge is 0.253 e. The molecule has 3 rings (SSSR count). The van der Waals surface area contributed by atoms with Crippen LogP contribution in [0.5, 0.6) is 0 Å². The van der Waals surface area contributed by atoms with Crippen LogP contribution in [-0.4, -0.2) is 47.3 Å². The average molecular weight is 339 g/mol. The summed E-state index contributed by atoms with van der Waals surface area (Å²) in [5, 5.41) is 8.28. The molecule has 5 heteroatoms. The predicted molar refractivity (Wildman–Crippen MR) is 97.4 cm³/mol. The molecule has 1 fully saturated rings. The third kappa shape index (κ3) is 4.63. The Kier molecular flexibility index (Phi) is 5.76. The van der Waals surface area contributed by atoms with Gasteiger partial charge in [-0.2, -0.15) is 10.2 Å². The normalized spacial score (nSPS) is 16.8. The lowest BCUT2D eigenvalue weighted by molar-refractivity contribution is 0.0763. The van der Waals surface area contributed by atoms with Crippen LogP contribution in [0.1, 0.15) is 41.7 Å². The van der Waals surface area contributed by atoms with Crippen molar-refractivity contribution in [2.24, 2.45) is 0 Å². The van der Waals surface area contributed by atoms with Crippen LogP contribution < -0.4 is 0 Å². The van der Waals surface area contributed by atoms with Gasteiger partial charge in [-0.3, -0.25) is 4.79 Å². The molecule has 1 aromatic carbocycles. The molecule has 1 saturated heterocycles. The van der Waals surface area contributed by atoms with E-state index in [9.17, 15) is 4.79 Å². The van der Waals surface area contributed by atoms with E-state index in [0.717, 1.165) is 55.8 Å². The van der Waals surface area contributed by atoms with Crippen LogP contribution in [0, 0.1) is 6.92 Å². The van der Waals surface area contributed by atoms with Crippen LogP contribution >= 0.6 is 0 Å². The summed E-state index contributed by atoms with van der Waals surface area (Å²) in [6.45, 7) is 3.53. The van der Waals surface area contributed by atoms with Crippen LogP contribution in [0.3, 0.4) is 0 Å². The maximum Gasteiger partial charge on any atom is 0.253 e. The zero-order valence-corrected chi connectivity index (χ0v) is 14.9. The Hall–Kier alpha value is -2.27. The van der Waals surface area contributed by atoms with Crippen LogP contribution in [0.15, 0.2) is 36.4 Å². The van der Waals surface area contributed by atoms with Crippen molar-refractivity contribution < 1.29 is 9.53 Å². The molecule has 2 heterocycles. The number of ether oxygens (including phenoxy) is 1. The van der Waals surface area contributed by atoms with Gasteiger partial charge in [-0.1, -0.05) is 12.1 Å². The molecule has 0 spiro atoms. The van der Waals surface area contributed by atoms with Gasteiger partial charge in [-0.25, -0.2) is 0 Å². The molecule has 1 atom stereocenters. The number of aryl methyl sites for hydroxylation is 1. The van der Waals surface area contributed by atoms with Crippen molar-refractivity contribution >= 4 is 5.91 Å². The first-order valence-electron chi connectivity index (χ1n) is 8.91. The highest BCUT2D eigenvalue weighted by Crippen LogP contribution is 2.19. The quantitative estimate of drug-likeness (QED) is 0.808. The van der Waals surface area contributed by atoms with Crippen molar-refractivity contribution in [2.75, 3.05) is 20.2 Å². The first-order valence-corrected chi connectivity index (χ1v) is 8.91. The summed E-state index contributed by atoms with van der Waals surface area (Å²) in [7, 11) is 1.86. The van der Waals surface area contributed by atoms with E-state index >= 15 is 0 Å². The Bertz CT molecular complexity index is 709. The fourth-order valence-electron chi connectivity index (χ4n) is 3.11. The predicted octanol–water partition coefficient (Wildman–Crippen LogP) is 3.48. The molecule has 1 amide bonds. The van der Waals surface area contributed by atoms with Crippen molar-refractivity contribution in [3.63, 3.8) is 0 Å². The fourth-order valence-corrected chi connectivity index (χ4v) is 3.11. The molecular formula is C20H25N3O2. The number of carbonyl (C=O) groups is 1. The largest absolute Gasteiger partial charge is 0.378 e. The lowest BCUT2D eigenvalue weighted by Crippen LogP contribution is -2.28. The summed E-state index contributed by atoms with van der Waals surface area (Å²) in [6, 6.07) is 11.4. The van der Waals surface area contributed by atoms with E-state index in [1.807, 2.05) is 50.4 Å². The average Bonchev–Trinajstić information content (AvgIpc) is 3.15. The summed E-state index contributed by atoms with van der Waals surface area (Å²) >= 11 is 0. The van der Waals surface area contributed by atoms with E-state index < -0.39 is 0 Å². The van der Waals surface area contributed by atoms with Gasteiger partial charge in [0.25, 0.3) is 5.91 Å². The van der Waals surface area contributed by atoms with Gasteiger partial charge in [0.2, 0.25) is 0 Å². The van der Waals surface area contributed by atoms with Gasteiger partial charge in [0.1, 0.15) is 0 Å². The fraction of sp³-hybridized carbons (Fsp3) is 0.450. The molecule has 25 heavy (non-hydrogen) atoms. The first kappa shape index (κ1) is 17.5. The Morgan fingerprint density at radius 2 is 2.16 bits per heavy atom. The minimum Gasteiger partial charge on any atom is -0.378 e. The molecule has 0 radical (unpaired) electrons. The summed E-state index contributed by atoms with van der Waals surface area (Å²) in [5.41, 5.74) is 3.24. The molecule has 132 valence electrons. The van der Waals surface area contributed by atoms with E-state index in [0.29, 0.717) is 11.7 Å². The number of hydrogen-bond acceptors (Lipinski definition) is 4. The molecule has 0 saturated carbocycles. The standard InChI is InChI=1S/C20H25N3O2/c1-15-10-11-19(22-21-15)16-6-3-7-17(14-16)20(24)23(2)12-4-8-18-9-5-13-25-18/h3,6-7,10-11,14,18H,4-5,8-9,12-13H2,1-2H3/t18-/m1/s1. The van der Waals surface area contributed by atoms with E-state index in [-0.39, 0.29) is 5.91 Å². The molecule has 1 aliphatic rings. The number of hydrogen-bond donors (Lipinski definition) is 0. The maximum atomic E-state index is 12.7. The van der Waals surface area contributed by atoms with Gasteiger partial charge >= 0.3 is 0 Å². The Labute approximate surface area is 149 Å². The number of rotatable bonds is 6. The summed E-state index contributed by atoms with van der Waals surface area (Å²) < 4.78 is 5.64. The zero-order valence-electron chi connectivity index (χ0n) is 14.9. The number of benzene rings is 1. The van der Waals surface area contributed by atoms with Gasteiger partial charge in [0.05, 0.1) is 17.5 Å². The molecule has 0 N–H and O–H groups in total. The molecule has 5 nitrogen and oxygen atoms in total. The van der Waals surface area contributed by atoms with Crippen molar-refractivity contribution in [1.29, 1.82) is 0 Å². The van der Waals surface area contributed by atoms with E-state index in [1.165, 1.54) is 0 Å². The molecule has 1 aromatic heterocycles. The lowest BCUT2D eigenvalue weighted by Gasteiger charge is -2.18. The number of amides is 1. The van der Waals surface area contributed by atoms with Crippen LogP contribution in [0.4, 0.5) is 0 Å². The summed E-state index contributed by atoms with van der Waals surface area (Å²) in [5.74, 6) is 0.0364. The van der Waals surface area contributed by atoms with Gasteiger partial charge in [-0.05, 0) is 56.9 Å². The second-order valence-corrected chi connectivity index (χ2v) is 6.64. The van der Waals surface area contributed by atoms with Crippen molar-refractivity contribution in [1.82, 2.24) is 15.1 Å². The number of carbonyl (C=O) groups excluding carboxylic acids is 1. The molecule has 0 unspecified atom stereocenters. The van der Waals surface area contributed by atoms with Crippen LogP contribution in [0.2, 0.25) is 0 Å². The second-order valence-electron chi connectivity index (χ2n) is 6.64. The summed E-state index contributed by atoms with van der Waals surface area (Å²) in [6.07, 6.45) is 4.69. The van der Waals surface area contributed by atoms with Crippen molar-refractivity contribution in [3.8, 4) is 11.3 Å². The molecule has 0 aliphatic carbocycles. The van der Waals surface area contributed by atoms with E-state index in [2.05, 4.69) is 10.2 Å². The van der Waals surface area contributed by atoms with Crippen molar-refractivity contribution in [2.45, 2.75) is 38.7 Å². The van der Waals surface area contributed by atoms with Crippen molar-refractivity contribution in [3.05, 3.63) is 47.7 Å². The topological polar surface area (TPSA) is 55.3 Å². The maximum absolute atomic E-state index is 12.7. The van der Waals surface area contributed by atoms with Gasteiger partial charge < -0.3 is 9.64 Å². The highest BCUT2D eigenvalue weighted by atomic mass is 16.5. The van der Waals surface area contributed by atoms with E-state index in [4.69, 9.17) is 4.74 Å². The minimum atomic E-state index is 0.0364. The Balaban J connectivity index is 1.61. The third-order valence-corrected chi connectivity index (χ3v) is 4.59. The van der Waals surface area contributed by atoms with Crippen LogP contribution in [0.25, 0.3) is 11.3 Å². The monoisotopic (exact) mass is 339 g/mol. The number of aromatic nitrogens is 2. The third-order valence-electron chi connectivity index (χ3n) is 4.59. The number of nitrogens with zero attached hydrogens (tertiary/aromatic N) is 3. The molecule has 0 bridgehead atoms.